The van der Waals surface area contributed by atoms with E-state index in [2.05, 4.69) is 10.3 Å². The number of amides is 1. The van der Waals surface area contributed by atoms with Crippen molar-refractivity contribution in [2.24, 2.45) is 5.73 Å². The van der Waals surface area contributed by atoms with Gasteiger partial charge in [-0.25, -0.2) is 0 Å². The monoisotopic (exact) mass is 245 g/mol. The van der Waals surface area contributed by atoms with E-state index in [-0.39, 0.29) is 12.5 Å². The maximum atomic E-state index is 11.6. The number of nitrogens with zero attached hydrogens (tertiary/aromatic N) is 1. The number of anilines is 1. The van der Waals surface area contributed by atoms with Crippen LogP contribution in [0.5, 0.6) is 0 Å². The number of aromatic nitrogens is 1. The third-order valence-electron chi connectivity index (χ3n) is 2.40. The minimum Gasteiger partial charge on any atom is -0.370 e. The van der Waals surface area contributed by atoms with E-state index >= 15 is 0 Å². The third kappa shape index (κ3) is 3.03. The molecule has 0 atom stereocenters. The van der Waals surface area contributed by atoms with E-state index in [1.807, 2.05) is 30.3 Å². The molecule has 94 valence electrons. The molecular formula is C13H15N3O2. The molecule has 1 aromatic carbocycles. The summed E-state index contributed by atoms with van der Waals surface area (Å²) < 4.78 is 5.07. The van der Waals surface area contributed by atoms with Crippen molar-refractivity contribution in [3.63, 3.8) is 0 Å². The molecule has 0 aliphatic heterocycles. The summed E-state index contributed by atoms with van der Waals surface area (Å²) in [5, 5.41) is 3.76. The van der Waals surface area contributed by atoms with Gasteiger partial charge in [-0.3, -0.25) is 9.78 Å². The molecule has 1 aromatic heterocycles. The fourth-order valence-corrected chi connectivity index (χ4v) is 1.64. The lowest BCUT2D eigenvalue weighted by atomic mass is 10.2. The van der Waals surface area contributed by atoms with Crippen LogP contribution < -0.4 is 11.1 Å². The molecule has 5 nitrogen and oxygen atoms in total. The van der Waals surface area contributed by atoms with E-state index < -0.39 is 0 Å². The van der Waals surface area contributed by atoms with E-state index in [1.165, 1.54) is 0 Å². The second-order valence-corrected chi connectivity index (χ2v) is 3.77. The van der Waals surface area contributed by atoms with Gasteiger partial charge in [0.05, 0.1) is 17.8 Å². The van der Waals surface area contributed by atoms with Crippen LogP contribution in [0, 0.1) is 0 Å². The number of carbonyl (C=O) groups excluding carboxylic acids is 1. The zero-order valence-electron chi connectivity index (χ0n) is 9.93. The van der Waals surface area contributed by atoms with E-state index in [1.54, 1.807) is 6.20 Å². The third-order valence-corrected chi connectivity index (χ3v) is 2.40. The maximum absolute atomic E-state index is 11.6. The molecule has 18 heavy (non-hydrogen) atoms. The highest BCUT2D eigenvalue weighted by Crippen LogP contribution is 2.20. The molecule has 0 saturated heterocycles. The highest BCUT2D eigenvalue weighted by molar-refractivity contribution is 6.00. The number of para-hydroxylation sites is 1. The van der Waals surface area contributed by atoms with E-state index in [9.17, 15) is 4.79 Å². The van der Waals surface area contributed by atoms with Crippen LogP contribution >= 0.6 is 0 Å². The summed E-state index contributed by atoms with van der Waals surface area (Å²) in [6.45, 7) is 0.782. The number of rotatable bonds is 5. The van der Waals surface area contributed by atoms with Crippen LogP contribution in [0.1, 0.15) is 0 Å². The molecule has 3 N–H and O–H groups in total. The highest BCUT2D eigenvalue weighted by atomic mass is 16.5. The van der Waals surface area contributed by atoms with Gasteiger partial charge in [-0.1, -0.05) is 18.2 Å². The lowest BCUT2D eigenvalue weighted by molar-refractivity contribution is -0.120. The van der Waals surface area contributed by atoms with Crippen molar-refractivity contribution < 1.29 is 9.53 Å². The number of nitrogens with one attached hydrogen (secondary N) is 1. The molecule has 2 rings (SSSR count). The van der Waals surface area contributed by atoms with Crippen LogP contribution in [0.25, 0.3) is 10.9 Å². The largest absolute Gasteiger partial charge is 0.370 e. The molecule has 1 heterocycles. The summed E-state index contributed by atoms with van der Waals surface area (Å²) in [4.78, 5) is 15.9. The highest BCUT2D eigenvalue weighted by Gasteiger charge is 2.06. The van der Waals surface area contributed by atoms with Gasteiger partial charge in [0.2, 0.25) is 5.91 Å². The average Bonchev–Trinajstić information content (AvgIpc) is 2.39. The Kier molecular flexibility index (Phi) is 4.22. The first kappa shape index (κ1) is 12.5. The number of carbonyl (C=O) groups is 1. The van der Waals surface area contributed by atoms with Crippen LogP contribution in [0.15, 0.2) is 36.5 Å². The predicted octanol–water partition coefficient (Wildman–Crippen LogP) is 1.15. The molecule has 0 aliphatic carbocycles. The predicted molar refractivity (Wildman–Crippen MR) is 70.2 cm³/mol. The zero-order valence-corrected chi connectivity index (χ0v) is 9.93. The van der Waals surface area contributed by atoms with Gasteiger partial charge in [0.25, 0.3) is 0 Å². The Labute approximate surface area is 105 Å². The van der Waals surface area contributed by atoms with Crippen LogP contribution in [0.4, 0.5) is 5.69 Å². The second kappa shape index (κ2) is 6.09. The Morgan fingerprint density at radius 3 is 3.00 bits per heavy atom. The molecule has 0 saturated carbocycles. The minimum absolute atomic E-state index is 0.000418. The van der Waals surface area contributed by atoms with Crippen molar-refractivity contribution in [3.05, 3.63) is 36.5 Å². The summed E-state index contributed by atoms with van der Waals surface area (Å²) in [6.07, 6.45) is 1.70. The number of ether oxygens (including phenoxy) is 1. The molecule has 1 amide bonds. The van der Waals surface area contributed by atoms with Gasteiger partial charge in [-0.2, -0.15) is 0 Å². The molecule has 0 fully saturated rings. The normalized spacial score (nSPS) is 10.5. The topological polar surface area (TPSA) is 77.2 Å². The van der Waals surface area contributed by atoms with Gasteiger partial charge in [0.15, 0.2) is 0 Å². The number of nitrogens with two attached hydrogens (primary N) is 1. The molecular weight excluding hydrogens is 230 g/mol. The van der Waals surface area contributed by atoms with Gasteiger partial charge < -0.3 is 15.8 Å². The maximum Gasteiger partial charge on any atom is 0.250 e. The van der Waals surface area contributed by atoms with Crippen molar-refractivity contribution >= 4 is 22.5 Å². The van der Waals surface area contributed by atoms with Crippen molar-refractivity contribution in [3.8, 4) is 0 Å². The van der Waals surface area contributed by atoms with E-state index in [0.717, 1.165) is 10.9 Å². The van der Waals surface area contributed by atoms with Crippen LogP contribution in [0.3, 0.4) is 0 Å². The first-order valence-electron chi connectivity index (χ1n) is 5.72. The number of fused-ring (bicyclic) bond motifs is 1. The summed E-state index contributed by atoms with van der Waals surface area (Å²) in [6, 6.07) is 9.45. The first-order chi connectivity index (χ1) is 8.81. The van der Waals surface area contributed by atoms with E-state index in [0.29, 0.717) is 18.8 Å². The van der Waals surface area contributed by atoms with Crippen molar-refractivity contribution in [2.45, 2.75) is 0 Å². The van der Waals surface area contributed by atoms with Gasteiger partial charge in [-0.05, 0) is 12.1 Å². The van der Waals surface area contributed by atoms with Crippen LogP contribution in [-0.2, 0) is 9.53 Å². The summed E-state index contributed by atoms with van der Waals surface area (Å²) in [5.41, 5.74) is 6.73. The van der Waals surface area contributed by atoms with Gasteiger partial charge in [0, 0.05) is 18.1 Å². The Bertz CT molecular complexity index is 537. The number of benzene rings is 1. The smallest absolute Gasteiger partial charge is 0.250 e. The molecule has 0 spiro atoms. The summed E-state index contributed by atoms with van der Waals surface area (Å²) in [5.74, 6) is -0.207. The second-order valence-electron chi connectivity index (χ2n) is 3.77. The molecule has 0 unspecified atom stereocenters. The summed E-state index contributed by atoms with van der Waals surface area (Å²) in [7, 11) is 0. The number of hydrogen-bond acceptors (Lipinski definition) is 4. The van der Waals surface area contributed by atoms with Gasteiger partial charge in [0.1, 0.15) is 6.61 Å². The summed E-state index contributed by atoms with van der Waals surface area (Å²) >= 11 is 0. The fraction of sp³-hybridized carbons (Fsp3) is 0.231. The van der Waals surface area contributed by atoms with Crippen molar-refractivity contribution in [1.29, 1.82) is 0 Å². The van der Waals surface area contributed by atoms with Crippen LogP contribution in [0.2, 0.25) is 0 Å². The van der Waals surface area contributed by atoms with Crippen LogP contribution in [-0.4, -0.2) is 30.6 Å². The lowest BCUT2D eigenvalue weighted by Crippen LogP contribution is -2.20. The molecule has 5 heteroatoms. The Balaban J connectivity index is 2.09. The quantitative estimate of drug-likeness (QED) is 0.775. The Hall–Kier alpha value is -1.98. The fourth-order valence-electron chi connectivity index (χ4n) is 1.64. The Morgan fingerprint density at radius 1 is 1.33 bits per heavy atom. The molecule has 0 bridgehead atoms. The SMILES string of the molecule is NCCOCC(=O)Nc1cccc2cccnc12. The number of hydrogen-bond donors (Lipinski definition) is 2. The Morgan fingerprint density at radius 2 is 2.17 bits per heavy atom. The first-order valence-corrected chi connectivity index (χ1v) is 5.72. The van der Waals surface area contributed by atoms with E-state index in [4.69, 9.17) is 10.5 Å². The van der Waals surface area contributed by atoms with Gasteiger partial charge >= 0.3 is 0 Å². The molecule has 2 aromatic rings. The molecule has 0 radical (unpaired) electrons. The minimum atomic E-state index is -0.207. The van der Waals surface area contributed by atoms with Crippen molar-refractivity contribution in [2.75, 3.05) is 25.1 Å². The lowest BCUT2D eigenvalue weighted by Gasteiger charge is -2.08. The van der Waals surface area contributed by atoms with Gasteiger partial charge in [-0.15, -0.1) is 0 Å². The zero-order chi connectivity index (χ0) is 12.8. The number of pyridine rings is 1. The standard InChI is InChI=1S/C13H15N3O2/c14-6-8-18-9-12(17)16-11-5-1-3-10-4-2-7-15-13(10)11/h1-5,7H,6,8-9,14H2,(H,16,17). The van der Waals surface area contributed by atoms with Crippen molar-refractivity contribution in [1.82, 2.24) is 4.98 Å². The molecule has 0 aliphatic rings. The average molecular weight is 245 g/mol.